The molecule has 1 aromatic heterocycles. The maximum absolute atomic E-state index is 12.9. The summed E-state index contributed by atoms with van der Waals surface area (Å²) >= 11 is -0.314. The first-order valence-corrected chi connectivity index (χ1v) is 11.5. The van der Waals surface area contributed by atoms with E-state index in [9.17, 15) is 18.0 Å². The Bertz CT molecular complexity index is 1160. The van der Waals surface area contributed by atoms with Crippen LogP contribution < -0.4 is 15.3 Å². The van der Waals surface area contributed by atoms with Crippen molar-refractivity contribution in [1.82, 2.24) is 4.90 Å². The lowest BCUT2D eigenvalue weighted by atomic mass is 10.1. The van der Waals surface area contributed by atoms with E-state index in [1.54, 1.807) is 0 Å². The highest BCUT2D eigenvalue weighted by Crippen LogP contribution is 2.33. The first-order valence-electron chi connectivity index (χ1n) is 9.84. The first kappa shape index (κ1) is 22.4. The largest absolute Gasteiger partial charge is 0.482 e. The molecule has 2 N–H and O–H groups in total. The second-order valence-electron chi connectivity index (χ2n) is 7.69. The van der Waals surface area contributed by atoms with Crippen molar-refractivity contribution in [3.63, 3.8) is 0 Å². The fraction of sp³-hybridized carbons (Fsp3) is 0.261. The number of alkyl halides is 3. The highest BCUT2D eigenvalue weighted by atomic mass is 32.2. The number of hydrogen-bond acceptors (Lipinski definition) is 5. The van der Waals surface area contributed by atoms with Gasteiger partial charge in [-0.2, -0.15) is 13.2 Å². The van der Waals surface area contributed by atoms with Crippen molar-refractivity contribution >= 4 is 11.1 Å². The molecule has 2 heterocycles. The monoisotopic (exact) mass is 463 g/mol. The molecule has 2 aromatic carbocycles. The number of benzene rings is 2. The van der Waals surface area contributed by atoms with Crippen molar-refractivity contribution in [3.8, 4) is 5.75 Å². The molecule has 32 heavy (non-hydrogen) atoms. The van der Waals surface area contributed by atoms with Crippen LogP contribution in [0.2, 0.25) is 0 Å². The van der Waals surface area contributed by atoms with Crippen LogP contribution in [0.3, 0.4) is 0 Å². The van der Waals surface area contributed by atoms with E-state index < -0.39 is 11.7 Å². The summed E-state index contributed by atoms with van der Waals surface area (Å²) in [5.74, 6) is 0.528. The Morgan fingerprint density at radius 2 is 1.81 bits per heavy atom. The molecule has 0 saturated carbocycles. The molecule has 1 unspecified atom stereocenters. The van der Waals surface area contributed by atoms with Gasteiger partial charge < -0.3 is 9.15 Å². The van der Waals surface area contributed by atoms with Crippen LogP contribution in [0.4, 0.5) is 13.2 Å². The summed E-state index contributed by atoms with van der Waals surface area (Å²) in [6.07, 6.45) is -1.16. The average molecular weight is 464 g/mol. The van der Waals surface area contributed by atoms with Gasteiger partial charge >= 0.3 is 6.18 Å². The van der Waals surface area contributed by atoms with Gasteiger partial charge in [-0.15, -0.1) is 5.14 Å². The van der Waals surface area contributed by atoms with E-state index >= 15 is 0 Å². The van der Waals surface area contributed by atoms with E-state index in [1.807, 2.05) is 35.4 Å². The van der Waals surface area contributed by atoms with E-state index in [0.29, 0.717) is 31.0 Å². The van der Waals surface area contributed by atoms with Crippen molar-refractivity contribution in [1.29, 1.82) is 0 Å². The van der Waals surface area contributed by atoms with E-state index in [0.717, 1.165) is 22.1 Å². The highest BCUT2D eigenvalue weighted by Gasteiger charge is 2.32. The Labute approximate surface area is 186 Å². The summed E-state index contributed by atoms with van der Waals surface area (Å²) in [4.78, 5) is 15.4. The van der Waals surface area contributed by atoms with Gasteiger partial charge in [0.15, 0.2) is 4.90 Å². The second kappa shape index (κ2) is 9.01. The fourth-order valence-electron chi connectivity index (χ4n) is 3.56. The summed E-state index contributed by atoms with van der Waals surface area (Å²) in [6, 6.07) is 12.8. The van der Waals surface area contributed by atoms with Crippen LogP contribution in [0.25, 0.3) is 0 Å². The van der Waals surface area contributed by atoms with Crippen LogP contribution in [0.5, 0.6) is 5.75 Å². The minimum absolute atomic E-state index is 0.103. The van der Waals surface area contributed by atoms with E-state index in [4.69, 9.17) is 14.3 Å². The third-order valence-electron chi connectivity index (χ3n) is 5.24. The van der Waals surface area contributed by atoms with E-state index in [-0.39, 0.29) is 28.9 Å². The molecule has 0 bridgehead atoms. The van der Waals surface area contributed by atoms with Crippen molar-refractivity contribution in [2.24, 2.45) is 5.14 Å². The molecule has 0 saturated heterocycles. The Balaban J connectivity index is 1.37. The molecule has 0 aliphatic carbocycles. The molecule has 5 nitrogen and oxygen atoms in total. The normalized spacial score (nSPS) is 14.9. The molecule has 3 aromatic rings. The smallest absolute Gasteiger partial charge is 0.416 e. The number of hydrogen-bond donors (Lipinski definition) is 1. The molecule has 0 spiro atoms. The highest BCUT2D eigenvalue weighted by molar-refractivity contribution is 7.94. The summed E-state index contributed by atoms with van der Waals surface area (Å²) in [5.41, 5.74) is 1.42. The van der Waals surface area contributed by atoms with Crippen molar-refractivity contribution in [2.45, 2.75) is 37.3 Å². The lowest BCUT2D eigenvalue weighted by Gasteiger charge is -2.14. The van der Waals surface area contributed by atoms with Gasteiger partial charge in [0.2, 0.25) is 11.2 Å². The van der Waals surface area contributed by atoms with Crippen LogP contribution in [-0.2, 0) is 43.5 Å². The Morgan fingerprint density at radius 1 is 1.09 bits per heavy atom. The predicted molar refractivity (Wildman–Crippen MR) is 116 cm³/mol. The van der Waals surface area contributed by atoms with Crippen LogP contribution in [-0.4, -0.2) is 11.2 Å². The van der Waals surface area contributed by atoms with Gasteiger partial charge in [0.1, 0.15) is 36.0 Å². The van der Waals surface area contributed by atoms with Gasteiger partial charge in [0.25, 0.3) is 0 Å². The summed E-state index contributed by atoms with van der Waals surface area (Å²) in [5, 5.41) is 5.86. The van der Waals surface area contributed by atoms with Gasteiger partial charge in [-0.05, 0) is 41.0 Å². The average Bonchev–Trinajstić information content (AvgIpc) is 3.14. The maximum Gasteiger partial charge on any atom is 0.416 e. The number of ether oxygens (including phenoxy) is 1. The van der Waals surface area contributed by atoms with Gasteiger partial charge in [0.05, 0.1) is 12.1 Å². The lowest BCUT2D eigenvalue weighted by Crippen LogP contribution is -2.17. The minimum Gasteiger partial charge on any atom is -0.482 e. The van der Waals surface area contributed by atoms with Gasteiger partial charge in [-0.3, -0.25) is 9.69 Å². The number of halogens is 3. The topological polar surface area (TPSA) is 68.7 Å². The SMILES string of the molecule is C[S+](N)c1ccc(COc2coc(CN3Cc4ccc(C(F)(F)F)cc4C3)cc2=O)cc1. The first-order chi connectivity index (χ1) is 15.2. The Kier molecular flexibility index (Phi) is 6.32. The molecular weight excluding hydrogens is 441 g/mol. The Morgan fingerprint density at radius 3 is 2.47 bits per heavy atom. The number of nitrogens with two attached hydrogens (primary N) is 1. The van der Waals surface area contributed by atoms with Crippen molar-refractivity contribution in [3.05, 3.63) is 93.0 Å². The zero-order chi connectivity index (χ0) is 22.9. The molecule has 9 heteroatoms. The molecule has 1 atom stereocenters. The van der Waals surface area contributed by atoms with Gasteiger partial charge in [-0.25, -0.2) is 0 Å². The summed E-state index contributed by atoms with van der Waals surface area (Å²) < 4.78 is 49.9. The summed E-state index contributed by atoms with van der Waals surface area (Å²) in [6.45, 7) is 1.38. The van der Waals surface area contributed by atoms with Crippen LogP contribution in [0.1, 0.15) is 28.0 Å². The third kappa shape index (κ3) is 5.17. The molecule has 1 aliphatic rings. The van der Waals surface area contributed by atoms with Crippen LogP contribution >= 0.6 is 0 Å². The molecule has 168 valence electrons. The minimum atomic E-state index is -4.36. The van der Waals surface area contributed by atoms with E-state index in [2.05, 4.69) is 0 Å². The van der Waals surface area contributed by atoms with Gasteiger partial charge in [0, 0.05) is 19.2 Å². The number of rotatable bonds is 6. The number of fused-ring (bicyclic) bond motifs is 1. The zero-order valence-electron chi connectivity index (χ0n) is 17.3. The molecule has 0 radical (unpaired) electrons. The second-order valence-corrected chi connectivity index (χ2v) is 9.28. The Hall–Kier alpha value is -2.75. The molecular formula is C23H22F3N2O3S+. The number of nitrogens with zero attached hydrogens (tertiary/aromatic N) is 1. The van der Waals surface area contributed by atoms with Gasteiger partial charge in [-0.1, -0.05) is 18.2 Å². The standard InChI is InChI=1S/C23H22F3N2O3S/c1-32(27)20-6-2-15(3-7-20)13-31-22-14-30-19(9-21(22)29)12-28-10-16-4-5-18(23(24,25)26)8-17(16)11-28/h2-9,14H,10-13,27H2,1H3/q+1. The molecule has 4 rings (SSSR count). The maximum atomic E-state index is 12.9. The zero-order valence-corrected chi connectivity index (χ0v) is 18.1. The van der Waals surface area contributed by atoms with Crippen molar-refractivity contribution in [2.75, 3.05) is 6.26 Å². The lowest BCUT2D eigenvalue weighted by molar-refractivity contribution is -0.137. The fourth-order valence-corrected chi connectivity index (χ4v) is 4.13. The van der Waals surface area contributed by atoms with Crippen molar-refractivity contribution < 1.29 is 22.3 Å². The predicted octanol–water partition coefficient (Wildman–Crippen LogP) is 4.23. The molecule has 0 amide bonds. The molecule has 0 fully saturated rings. The summed E-state index contributed by atoms with van der Waals surface area (Å²) in [7, 11) is 0. The third-order valence-corrected chi connectivity index (χ3v) is 6.26. The van der Waals surface area contributed by atoms with Crippen LogP contribution in [0.15, 0.2) is 68.9 Å². The van der Waals surface area contributed by atoms with E-state index in [1.165, 1.54) is 24.5 Å². The molecule has 1 aliphatic heterocycles. The van der Waals surface area contributed by atoms with Crippen LogP contribution in [0, 0.1) is 0 Å². The quantitative estimate of drug-likeness (QED) is 0.554.